The van der Waals surface area contributed by atoms with Crippen molar-refractivity contribution in [3.63, 3.8) is 0 Å². The number of aromatic nitrogens is 1. The third-order valence-corrected chi connectivity index (χ3v) is 8.61. The Morgan fingerprint density at radius 1 is 1.00 bits per heavy atom. The van der Waals surface area contributed by atoms with Crippen molar-refractivity contribution in [1.29, 1.82) is 0 Å². The number of amides is 2. The Hall–Kier alpha value is -3.11. The number of thiophene rings is 1. The van der Waals surface area contributed by atoms with Gasteiger partial charge in [-0.2, -0.15) is 0 Å². The van der Waals surface area contributed by atoms with E-state index in [1.807, 2.05) is 66.1 Å². The van der Waals surface area contributed by atoms with Gasteiger partial charge in [0, 0.05) is 40.9 Å². The van der Waals surface area contributed by atoms with E-state index in [1.54, 1.807) is 22.7 Å². The van der Waals surface area contributed by atoms with Crippen LogP contribution >= 0.6 is 46.7 Å². The third kappa shape index (κ3) is 5.82. The number of rotatable bonds is 8. The number of thiocarbonyl (C=S) groups is 1. The van der Waals surface area contributed by atoms with Crippen LogP contribution in [0.4, 0.5) is 0 Å². The van der Waals surface area contributed by atoms with Gasteiger partial charge in [0.15, 0.2) is 0 Å². The topological polar surface area (TPSA) is 62.3 Å². The van der Waals surface area contributed by atoms with E-state index in [-0.39, 0.29) is 24.8 Å². The van der Waals surface area contributed by atoms with Crippen molar-refractivity contribution in [3.05, 3.63) is 92.8 Å². The van der Waals surface area contributed by atoms with Crippen LogP contribution in [-0.2, 0) is 16.1 Å². The summed E-state index contributed by atoms with van der Waals surface area (Å²) in [5.74, 6) is -0.262. The number of carbonyl (C=O) groups is 2. The fourth-order valence-electron chi connectivity index (χ4n) is 3.61. The van der Waals surface area contributed by atoms with E-state index < -0.39 is 0 Å². The minimum atomic E-state index is -0.140. The Bertz CT molecular complexity index is 1410. The molecule has 0 saturated carbocycles. The fraction of sp³-hybridized carbons (Fsp3) is 0.111. The van der Waals surface area contributed by atoms with Crippen molar-refractivity contribution < 1.29 is 9.59 Å². The monoisotopic (exact) mass is 547 g/mol. The molecule has 0 spiro atoms. The maximum Gasteiger partial charge on any atom is 0.266 e. The zero-order chi connectivity index (χ0) is 24.9. The molecule has 1 N–H and O–H groups in total. The summed E-state index contributed by atoms with van der Waals surface area (Å²) in [4.78, 5) is 33.0. The first-order valence-electron chi connectivity index (χ1n) is 11.2. The van der Waals surface area contributed by atoms with Gasteiger partial charge in [-0.25, -0.2) is 4.98 Å². The molecule has 2 amide bonds. The largest absolute Gasteiger partial charge is 0.352 e. The smallest absolute Gasteiger partial charge is 0.266 e. The van der Waals surface area contributed by atoms with Crippen molar-refractivity contribution in [1.82, 2.24) is 15.2 Å². The molecule has 36 heavy (non-hydrogen) atoms. The number of benzene rings is 2. The van der Waals surface area contributed by atoms with Crippen molar-refractivity contribution in [2.24, 2.45) is 0 Å². The lowest BCUT2D eigenvalue weighted by atomic mass is 10.1. The van der Waals surface area contributed by atoms with Gasteiger partial charge in [-0.05, 0) is 23.1 Å². The molecule has 2 aromatic heterocycles. The summed E-state index contributed by atoms with van der Waals surface area (Å²) in [6.07, 6.45) is 2.04. The minimum absolute atomic E-state index is 0.123. The van der Waals surface area contributed by atoms with E-state index in [9.17, 15) is 9.59 Å². The van der Waals surface area contributed by atoms with Gasteiger partial charge in [0.05, 0.1) is 10.6 Å². The van der Waals surface area contributed by atoms with E-state index >= 15 is 0 Å². The normalized spacial score (nSPS) is 14.6. The second kappa shape index (κ2) is 11.3. The van der Waals surface area contributed by atoms with E-state index in [0.29, 0.717) is 15.8 Å². The highest BCUT2D eigenvalue weighted by Gasteiger charge is 2.32. The maximum absolute atomic E-state index is 12.7. The molecule has 0 unspecified atom stereocenters. The molecule has 4 aromatic rings. The van der Waals surface area contributed by atoms with Crippen LogP contribution in [0.1, 0.15) is 16.9 Å². The van der Waals surface area contributed by atoms with E-state index in [0.717, 1.165) is 32.3 Å². The second-order valence-electron chi connectivity index (χ2n) is 7.98. The van der Waals surface area contributed by atoms with Gasteiger partial charge >= 0.3 is 0 Å². The third-order valence-electron chi connectivity index (χ3n) is 5.52. The molecule has 180 valence electrons. The molecule has 0 atom stereocenters. The van der Waals surface area contributed by atoms with Crippen LogP contribution in [0.25, 0.3) is 27.9 Å². The fourth-order valence-corrected chi connectivity index (χ4v) is 6.48. The van der Waals surface area contributed by atoms with Crippen LogP contribution in [0.3, 0.4) is 0 Å². The summed E-state index contributed by atoms with van der Waals surface area (Å²) in [5.41, 5.74) is 4.08. The molecule has 0 radical (unpaired) electrons. The molecule has 0 bridgehead atoms. The SMILES string of the molecule is O=C(CCN1C(=O)/C(=C/c2cccs2)SC1=S)NCc1ccc(-c2csc(-c3ccccc3)n2)cc1. The summed E-state index contributed by atoms with van der Waals surface area (Å²) in [7, 11) is 0. The zero-order valence-electron chi connectivity index (χ0n) is 19.0. The average molecular weight is 548 g/mol. The van der Waals surface area contributed by atoms with Crippen molar-refractivity contribution in [2.45, 2.75) is 13.0 Å². The molecule has 1 saturated heterocycles. The molecule has 5 rings (SSSR count). The van der Waals surface area contributed by atoms with Crippen molar-refractivity contribution in [2.75, 3.05) is 6.54 Å². The molecule has 1 fully saturated rings. The number of hydrogen-bond donors (Lipinski definition) is 1. The summed E-state index contributed by atoms with van der Waals surface area (Å²) >= 11 is 9.83. The summed E-state index contributed by atoms with van der Waals surface area (Å²) in [6.45, 7) is 0.687. The molecule has 5 nitrogen and oxygen atoms in total. The predicted molar refractivity (Wildman–Crippen MR) is 154 cm³/mol. The van der Waals surface area contributed by atoms with E-state index in [4.69, 9.17) is 17.2 Å². The molecule has 1 aliphatic rings. The van der Waals surface area contributed by atoms with Gasteiger partial charge < -0.3 is 5.32 Å². The molecule has 3 heterocycles. The van der Waals surface area contributed by atoms with Crippen molar-refractivity contribution >= 4 is 68.9 Å². The van der Waals surface area contributed by atoms with E-state index in [1.165, 1.54) is 16.7 Å². The molecule has 9 heteroatoms. The Morgan fingerprint density at radius 2 is 1.81 bits per heavy atom. The lowest BCUT2D eigenvalue weighted by molar-refractivity contribution is -0.123. The average Bonchev–Trinajstić information content (AvgIpc) is 3.65. The van der Waals surface area contributed by atoms with Gasteiger partial charge in [0.1, 0.15) is 9.33 Å². The van der Waals surface area contributed by atoms with Gasteiger partial charge in [0.2, 0.25) is 5.91 Å². The molecule has 1 aliphatic heterocycles. The lowest BCUT2D eigenvalue weighted by Crippen LogP contribution is -2.33. The highest BCUT2D eigenvalue weighted by atomic mass is 32.2. The molecular formula is C27H21N3O2S4. The lowest BCUT2D eigenvalue weighted by Gasteiger charge is -2.14. The quantitative estimate of drug-likeness (QED) is 0.203. The predicted octanol–water partition coefficient (Wildman–Crippen LogP) is 6.45. The molecular weight excluding hydrogens is 527 g/mol. The highest BCUT2D eigenvalue weighted by molar-refractivity contribution is 8.26. The van der Waals surface area contributed by atoms with Crippen LogP contribution in [0, 0.1) is 0 Å². The first-order chi connectivity index (χ1) is 17.6. The van der Waals surface area contributed by atoms with Crippen molar-refractivity contribution in [3.8, 4) is 21.8 Å². The molecule has 2 aromatic carbocycles. The maximum atomic E-state index is 12.7. The highest BCUT2D eigenvalue weighted by Crippen LogP contribution is 2.33. The Labute approximate surface area is 226 Å². The van der Waals surface area contributed by atoms with Crippen LogP contribution in [0.5, 0.6) is 0 Å². The number of nitrogens with zero attached hydrogens (tertiary/aromatic N) is 2. The number of nitrogens with one attached hydrogen (secondary N) is 1. The second-order valence-corrected chi connectivity index (χ2v) is 11.5. The number of thioether (sulfide) groups is 1. The first kappa shape index (κ1) is 24.6. The van der Waals surface area contributed by atoms with Crippen LogP contribution in [0.15, 0.2) is 82.4 Å². The summed E-state index contributed by atoms with van der Waals surface area (Å²) in [5, 5.41) is 7.94. The van der Waals surface area contributed by atoms with Crippen LogP contribution in [-0.4, -0.2) is 32.6 Å². The van der Waals surface area contributed by atoms with E-state index in [2.05, 4.69) is 22.8 Å². The van der Waals surface area contributed by atoms with Gasteiger partial charge in [-0.3, -0.25) is 14.5 Å². The van der Waals surface area contributed by atoms with Crippen LogP contribution in [0.2, 0.25) is 0 Å². The summed E-state index contributed by atoms with van der Waals surface area (Å²) in [6, 6.07) is 22.1. The standard InChI is InChI=1S/C27H21N3O2S4/c31-24(12-13-30-26(32)23(36-27(30)33)15-21-7-4-14-34-21)28-16-18-8-10-19(11-9-18)22-17-35-25(29-22)20-5-2-1-3-6-20/h1-11,14-15,17H,12-13,16H2,(H,28,31)/b23-15-. The minimum Gasteiger partial charge on any atom is -0.352 e. The Kier molecular flexibility index (Phi) is 7.72. The zero-order valence-corrected chi connectivity index (χ0v) is 22.3. The van der Waals surface area contributed by atoms with Gasteiger partial charge in [0.25, 0.3) is 5.91 Å². The van der Waals surface area contributed by atoms with Gasteiger partial charge in [-0.1, -0.05) is 84.6 Å². The molecule has 0 aliphatic carbocycles. The first-order valence-corrected chi connectivity index (χ1v) is 14.2. The van der Waals surface area contributed by atoms with Crippen LogP contribution < -0.4 is 5.32 Å². The summed E-state index contributed by atoms with van der Waals surface area (Å²) < 4.78 is 0.489. The number of carbonyl (C=O) groups excluding carboxylic acids is 2. The number of thiazole rings is 1. The van der Waals surface area contributed by atoms with Gasteiger partial charge in [-0.15, -0.1) is 22.7 Å². The Balaban J connectivity index is 1.12. The number of hydrogen-bond acceptors (Lipinski definition) is 7. The Morgan fingerprint density at radius 3 is 2.56 bits per heavy atom.